The van der Waals surface area contributed by atoms with Crippen molar-refractivity contribution in [2.24, 2.45) is 0 Å². The van der Waals surface area contributed by atoms with Gasteiger partial charge in [0.1, 0.15) is 24.7 Å². The van der Waals surface area contributed by atoms with E-state index in [0.29, 0.717) is 11.5 Å². The second kappa shape index (κ2) is 8.05. The monoisotopic (exact) mass is 216 g/mol. The van der Waals surface area contributed by atoms with E-state index in [1.54, 1.807) is 24.3 Å². The highest BCUT2D eigenvalue weighted by molar-refractivity contribution is 5.31. The van der Waals surface area contributed by atoms with Crippen LogP contribution in [0.15, 0.2) is 24.3 Å². The number of benzene rings is 1. The number of aliphatic hydroxyl groups excluding tert-OH is 2. The van der Waals surface area contributed by atoms with Gasteiger partial charge in [0, 0.05) is 0 Å². The Hall–Kier alpha value is -1.30. The molecule has 0 fully saturated rings. The molecule has 0 amide bonds. The third kappa shape index (κ3) is 5.21. The van der Waals surface area contributed by atoms with Gasteiger partial charge in [0.05, 0.1) is 13.2 Å². The Morgan fingerprint density at radius 2 is 1.13 bits per heavy atom. The van der Waals surface area contributed by atoms with Gasteiger partial charge < -0.3 is 25.2 Å². The Bertz CT molecular complexity index is 219. The summed E-state index contributed by atoms with van der Waals surface area (Å²) in [6.07, 6.45) is 0. The van der Waals surface area contributed by atoms with E-state index in [-0.39, 0.29) is 31.9 Å². The first kappa shape index (κ1) is 13.7. The molecule has 0 aliphatic heterocycles. The number of hydrogen-bond donors (Lipinski definition) is 2. The Labute approximate surface area is 88.2 Å². The van der Waals surface area contributed by atoms with Crippen molar-refractivity contribution in [3.05, 3.63) is 24.3 Å². The average molecular weight is 216 g/mol. The Morgan fingerprint density at radius 3 is 1.40 bits per heavy atom. The third-order valence-corrected chi connectivity index (χ3v) is 1.54. The van der Waals surface area contributed by atoms with Gasteiger partial charge in [-0.3, -0.25) is 0 Å². The Kier molecular flexibility index (Phi) is 7.35. The highest BCUT2D eigenvalue weighted by atomic mass is 16.5. The van der Waals surface area contributed by atoms with E-state index in [4.69, 9.17) is 19.7 Å². The quantitative estimate of drug-likeness (QED) is 0.677. The molecule has 0 saturated carbocycles. The minimum absolute atomic E-state index is 0. The van der Waals surface area contributed by atoms with Gasteiger partial charge in [0.15, 0.2) is 0 Å². The first-order valence-corrected chi connectivity index (χ1v) is 4.44. The molecule has 1 aromatic carbocycles. The fraction of sp³-hybridized carbons (Fsp3) is 0.400. The standard InChI is InChI=1S/C10H14O4.H2O/c11-5-7-13-9-1-2-10(4-3-9)14-8-6-12;/h1-4,11-12H,5-8H2;1H2. The second-order valence-electron chi connectivity index (χ2n) is 2.62. The van der Waals surface area contributed by atoms with Gasteiger partial charge in [0.25, 0.3) is 0 Å². The maximum Gasteiger partial charge on any atom is 0.119 e. The van der Waals surface area contributed by atoms with E-state index in [1.165, 1.54) is 0 Å². The summed E-state index contributed by atoms with van der Waals surface area (Å²) in [7, 11) is 0. The molecule has 1 aromatic rings. The van der Waals surface area contributed by atoms with Crippen molar-refractivity contribution in [3.63, 3.8) is 0 Å². The summed E-state index contributed by atoms with van der Waals surface area (Å²) in [5.41, 5.74) is 0. The van der Waals surface area contributed by atoms with E-state index < -0.39 is 0 Å². The second-order valence-corrected chi connectivity index (χ2v) is 2.62. The molecule has 0 aliphatic rings. The van der Waals surface area contributed by atoms with Crippen molar-refractivity contribution in [2.75, 3.05) is 26.4 Å². The third-order valence-electron chi connectivity index (χ3n) is 1.54. The maximum absolute atomic E-state index is 8.52. The van der Waals surface area contributed by atoms with Crippen molar-refractivity contribution >= 4 is 0 Å². The van der Waals surface area contributed by atoms with Crippen LogP contribution in [-0.4, -0.2) is 42.1 Å². The zero-order valence-electron chi connectivity index (χ0n) is 8.35. The summed E-state index contributed by atoms with van der Waals surface area (Å²) < 4.78 is 10.3. The smallest absolute Gasteiger partial charge is 0.119 e. The average Bonchev–Trinajstić information content (AvgIpc) is 2.25. The molecule has 0 saturated heterocycles. The summed E-state index contributed by atoms with van der Waals surface area (Å²) in [6.45, 7) is 0.583. The Morgan fingerprint density at radius 1 is 0.800 bits per heavy atom. The molecule has 5 nitrogen and oxygen atoms in total. The number of ether oxygens (including phenoxy) is 2. The summed E-state index contributed by atoms with van der Waals surface area (Å²) in [4.78, 5) is 0. The van der Waals surface area contributed by atoms with Crippen molar-refractivity contribution in [3.8, 4) is 11.5 Å². The van der Waals surface area contributed by atoms with Gasteiger partial charge in [-0.1, -0.05) is 0 Å². The van der Waals surface area contributed by atoms with Crippen LogP contribution < -0.4 is 9.47 Å². The highest BCUT2D eigenvalue weighted by Gasteiger charge is 1.95. The van der Waals surface area contributed by atoms with Gasteiger partial charge in [-0.25, -0.2) is 0 Å². The molecular weight excluding hydrogens is 200 g/mol. The number of rotatable bonds is 6. The van der Waals surface area contributed by atoms with Crippen LogP contribution in [0.5, 0.6) is 11.5 Å². The summed E-state index contributed by atoms with van der Waals surface area (Å²) in [5.74, 6) is 1.38. The predicted molar refractivity (Wildman–Crippen MR) is 55.2 cm³/mol. The van der Waals surface area contributed by atoms with Crippen molar-refractivity contribution < 1.29 is 25.2 Å². The molecule has 0 aliphatic carbocycles. The van der Waals surface area contributed by atoms with Crippen molar-refractivity contribution in [1.82, 2.24) is 0 Å². The topological polar surface area (TPSA) is 90.4 Å². The van der Waals surface area contributed by atoms with Crippen LogP contribution in [0.2, 0.25) is 0 Å². The molecule has 0 atom stereocenters. The Balaban J connectivity index is 0.00000196. The summed E-state index contributed by atoms with van der Waals surface area (Å²) in [5, 5.41) is 17.0. The van der Waals surface area contributed by atoms with Crippen LogP contribution in [-0.2, 0) is 0 Å². The van der Waals surface area contributed by atoms with Gasteiger partial charge in [-0.2, -0.15) is 0 Å². The maximum atomic E-state index is 8.52. The molecule has 0 spiro atoms. The minimum Gasteiger partial charge on any atom is -0.491 e. The van der Waals surface area contributed by atoms with Crippen LogP contribution in [0, 0.1) is 0 Å². The van der Waals surface area contributed by atoms with E-state index >= 15 is 0 Å². The number of aliphatic hydroxyl groups is 2. The molecule has 0 unspecified atom stereocenters. The molecule has 0 aromatic heterocycles. The molecule has 4 N–H and O–H groups in total. The van der Waals surface area contributed by atoms with Gasteiger partial charge in [0.2, 0.25) is 0 Å². The lowest BCUT2D eigenvalue weighted by Gasteiger charge is -2.06. The first-order valence-electron chi connectivity index (χ1n) is 4.44. The minimum atomic E-state index is 0. The molecule has 0 radical (unpaired) electrons. The molecule has 86 valence electrons. The summed E-state index contributed by atoms with van der Waals surface area (Å²) >= 11 is 0. The van der Waals surface area contributed by atoms with Gasteiger partial charge >= 0.3 is 0 Å². The van der Waals surface area contributed by atoms with E-state index in [9.17, 15) is 0 Å². The van der Waals surface area contributed by atoms with Gasteiger partial charge in [-0.05, 0) is 24.3 Å². The lowest BCUT2D eigenvalue weighted by Crippen LogP contribution is -2.03. The van der Waals surface area contributed by atoms with Crippen molar-refractivity contribution in [2.45, 2.75) is 0 Å². The van der Waals surface area contributed by atoms with E-state index in [0.717, 1.165) is 0 Å². The summed E-state index contributed by atoms with van der Waals surface area (Å²) in [6, 6.07) is 7.01. The molecule has 0 bridgehead atoms. The fourth-order valence-corrected chi connectivity index (χ4v) is 0.959. The van der Waals surface area contributed by atoms with Crippen LogP contribution in [0.25, 0.3) is 0 Å². The largest absolute Gasteiger partial charge is 0.491 e. The normalized spacial score (nSPS) is 9.20. The van der Waals surface area contributed by atoms with Gasteiger partial charge in [-0.15, -0.1) is 0 Å². The molecule has 0 heterocycles. The zero-order chi connectivity index (χ0) is 10.2. The predicted octanol–water partition coefficient (Wildman–Crippen LogP) is -0.396. The van der Waals surface area contributed by atoms with Crippen LogP contribution >= 0.6 is 0 Å². The molecule has 15 heavy (non-hydrogen) atoms. The van der Waals surface area contributed by atoms with Crippen LogP contribution in [0.1, 0.15) is 0 Å². The highest BCUT2D eigenvalue weighted by Crippen LogP contribution is 2.17. The molecule has 5 heteroatoms. The number of hydrogen-bond acceptors (Lipinski definition) is 4. The zero-order valence-corrected chi connectivity index (χ0v) is 8.35. The molecular formula is C10H16O5. The lowest BCUT2D eigenvalue weighted by molar-refractivity contribution is 0.198. The van der Waals surface area contributed by atoms with E-state index in [1.807, 2.05) is 0 Å². The SMILES string of the molecule is O.OCCOc1ccc(OCCO)cc1. The van der Waals surface area contributed by atoms with Crippen LogP contribution in [0.4, 0.5) is 0 Å². The fourth-order valence-electron chi connectivity index (χ4n) is 0.959. The van der Waals surface area contributed by atoms with Crippen LogP contribution in [0.3, 0.4) is 0 Å². The van der Waals surface area contributed by atoms with E-state index in [2.05, 4.69) is 0 Å². The first-order chi connectivity index (χ1) is 6.86. The molecule has 1 rings (SSSR count). The lowest BCUT2D eigenvalue weighted by atomic mass is 10.3. The van der Waals surface area contributed by atoms with Crippen molar-refractivity contribution in [1.29, 1.82) is 0 Å².